The van der Waals surface area contributed by atoms with E-state index in [2.05, 4.69) is 144 Å². The smallest absolute Gasteiger partial charge is 0.0541 e. The molecule has 0 N–H and O–H groups in total. The summed E-state index contributed by atoms with van der Waals surface area (Å²) in [6.07, 6.45) is 6.52. The molecule has 0 aliphatic heterocycles. The fourth-order valence-corrected chi connectivity index (χ4v) is 12.1. The molecule has 3 heterocycles. The molecule has 1 fully saturated rings. The van der Waals surface area contributed by atoms with Gasteiger partial charge in [-0.1, -0.05) is 92.1 Å². The number of hydrogen-bond acceptors (Lipinski definition) is 2. The van der Waals surface area contributed by atoms with Crippen LogP contribution in [0.5, 0.6) is 0 Å². The number of nitrogens with zero attached hydrogens (tertiary/aromatic N) is 1. The highest BCUT2D eigenvalue weighted by molar-refractivity contribution is 7.26. The molecule has 2 aliphatic carbocycles. The minimum Gasteiger partial charge on any atom is -0.309 e. The van der Waals surface area contributed by atoms with E-state index in [1.54, 1.807) is 11.1 Å². The highest BCUT2D eigenvalue weighted by atomic mass is 32.1. The molecular formula is C48H33NS2. The van der Waals surface area contributed by atoms with Crippen molar-refractivity contribution in [2.24, 2.45) is 0 Å². The summed E-state index contributed by atoms with van der Waals surface area (Å²) in [5.41, 5.74) is 12.5. The lowest BCUT2D eigenvalue weighted by Crippen LogP contribution is -2.27. The summed E-state index contributed by atoms with van der Waals surface area (Å²) in [4.78, 5) is 0. The van der Waals surface area contributed by atoms with Gasteiger partial charge in [-0.25, -0.2) is 0 Å². The lowest BCUT2D eigenvalue weighted by atomic mass is 9.68. The first-order valence-electron chi connectivity index (χ1n) is 18.3. The van der Waals surface area contributed by atoms with E-state index in [1.807, 2.05) is 22.7 Å². The second-order valence-electron chi connectivity index (χ2n) is 14.8. The van der Waals surface area contributed by atoms with Crippen LogP contribution >= 0.6 is 22.7 Å². The van der Waals surface area contributed by atoms with E-state index in [9.17, 15) is 0 Å². The number of hydrogen-bond donors (Lipinski definition) is 0. The van der Waals surface area contributed by atoms with Crippen molar-refractivity contribution in [1.29, 1.82) is 0 Å². The van der Waals surface area contributed by atoms with Gasteiger partial charge in [0, 0.05) is 62.2 Å². The van der Waals surface area contributed by atoms with Gasteiger partial charge in [-0.2, -0.15) is 0 Å². The number of benzene rings is 7. The quantitative estimate of drug-likeness (QED) is 0.170. The van der Waals surface area contributed by atoms with Gasteiger partial charge in [-0.05, 0) is 113 Å². The number of aromatic nitrogens is 1. The van der Waals surface area contributed by atoms with Crippen LogP contribution in [0, 0.1) is 0 Å². The Labute approximate surface area is 304 Å². The van der Waals surface area contributed by atoms with Crippen molar-refractivity contribution in [1.82, 2.24) is 4.57 Å². The van der Waals surface area contributed by atoms with Crippen molar-refractivity contribution < 1.29 is 0 Å². The largest absolute Gasteiger partial charge is 0.309 e. The molecule has 7 aromatic carbocycles. The van der Waals surface area contributed by atoms with Crippen LogP contribution < -0.4 is 0 Å². The molecule has 0 bridgehead atoms. The van der Waals surface area contributed by atoms with Gasteiger partial charge in [-0.15, -0.1) is 22.7 Å². The van der Waals surface area contributed by atoms with Crippen molar-refractivity contribution in [2.45, 2.75) is 37.5 Å². The Hall–Kier alpha value is -5.22. The minimum absolute atomic E-state index is 0.171. The summed E-state index contributed by atoms with van der Waals surface area (Å²) < 4.78 is 7.91. The fraction of sp³-hybridized carbons (Fsp3) is 0.125. The zero-order valence-electron chi connectivity index (χ0n) is 28.1. The normalized spacial score (nSPS) is 15.2. The third-order valence-corrected chi connectivity index (χ3v) is 14.5. The molecule has 0 atom stereocenters. The van der Waals surface area contributed by atoms with Crippen LogP contribution in [0.25, 0.3) is 90.1 Å². The molecule has 1 nitrogen and oxygen atoms in total. The molecule has 0 radical (unpaired) electrons. The topological polar surface area (TPSA) is 4.93 Å². The molecule has 242 valence electrons. The van der Waals surface area contributed by atoms with Gasteiger partial charge in [0.25, 0.3) is 0 Å². The fourth-order valence-electron chi connectivity index (χ4n) is 9.88. The lowest BCUT2D eigenvalue weighted by molar-refractivity contribution is 0.353. The average molecular weight is 688 g/mol. The average Bonchev–Trinajstić information content (AvgIpc) is 3.91. The van der Waals surface area contributed by atoms with Gasteiger partial charge in [0.2, 0.25) is 0 Å². The lowest BCUT2D eigenvalue weighted by Gasteiger charge is -2.36. The first-order chi connectivity index (χ1) is 25.2. The van der Waals surface area contributed by atoms with Gasteiger partial charge < -0.3 is 4.57 Å². The monoisotopic (exact) mass is 687 g/mol. The van der Waals surface area contributed by atoms with Gasteiger partial charge in [0.05, 0.1) is 11.0 Å². The van der Waals surface area contributed by atoms with Crippen molar-refractivity contribution in [3.8, 4) is 27.9 Å². The number of para-hydroxylation sites is 1. The molecule has 51 heavy (non-hydrogen) atoms. The van der Waals surface area contributed by atoms with Gasteiger partial charge in [0.1, 0.15) is 0 Å². The second-order valence-corrected chi connectivity index (χ2v) is 16.9. The zero-order valence-corrected chi connectivity index (χ0v) is 29.7. The van der Waals surface area contributed by atoms with E-state index in [4.69, 9.17) is 0 Å². The van der Waals surface area contributed by atoms with Crippen LogP contribution in [-0.2, 0) is 5.41 Å². The Morgan fingerprint density at radius 2 is 1.06 bits per heavy atom. The third-order valence-electron chi connectivity index (χ3n) is 12.2. The minimum atomic E-state index is 0.171. The highest BCUT2D eigenvalue weighted by Crippen LogP contribution is 2.57. The second kappa shape index (κ2) is 10.4. The van der Waals surface area contributed by atoms with Gasteiger partial charge in [0.15, 0.2) is 0 Å². The molecule has 0 unspecified atom stereocenters. The number of fused-ring (bicyclic) bond motifs is 14. The van der Waals surface area contributed by atoms with Crippen LogP contribution in [0.4, 0.5) is 0 Å². The summed E-state index contributed by atoms with van der Waals surface area (Å²) in [6, 6.07) is 53.3. The summed E-state index contributed by atoms with van der Waals surface area (Å²) in [5.74, 6) is 0. The van der Waals surface area contributed by atoms with Crippen LogP contribution in [0.2, 0.25) is 0 Å². The van der Waals surface area contributed by atoms with Crippen LogP contribution in [-0.4, -0.2) is 4.57 Å². The maximum absolute atomic E-state index is 2.60. The molecule has 0 amide bonds. The van der Waals surface area contributed by atoms with E-state index < -0.39 is 0 Å². The molecule has 1 saturated carbocycles. The summed E-state index contributed by atoms with van der Waals surface area (Å²) >= 11 is 3.82. The molecule has 10 aromatic rings. The molecule has 0 saturated heterocycles. The molecule has 2 aliphatic rings. The summed E-state index contributed by atoms with van der Waals surface area (Å²) in [6.45, 7) is 0. The Morgan fingerprint density at radius 3 is 1.96 bits per heavy atom. The third kappa shape index (κ3) is 3.91. The van der Waals surface area contributed by atoms with Gasteiger partial charge >= 0.3 is 0 Å². The predicted octanol–water partition coefficient (Wildman–Crippen LogP) is 14.4. The van der Waals surface area contributed by atoms with Crippen molar-refractivity contribution in [3.63, 3.8) is 0 Å². The molecule has 3 heteroatoms. The Kier molecular flexibility index (Phi) is 5.81. The molecule has 12 rings (SSSR count). The van der Waals surface area contributed by atoms with Crippen molar-refractivity contribution in [2.75, 3.05) is 0 Å². The number of rotatable bonds is 2. The van der Waals surface area contributed by atoms with E-state index in [0.29, 0.717) is 0 Å². The Balaban J connectivity index is 1.02. The SMILES string of the molecule is c1ccc2c(c1)-c1cc3sc4ccc(-c5ccc6c(c5)c5ccccc5n6-c5ccc6sc7ccccc7c6c5)cc4c3cc1C21CCCCC1. The van der Waals surface area contributed by atoms with Crippen molar-refractivity contribution in [3.05, 3.63) is 151 Å². The van der Waals surface area contributed by atoms with E-state index in [-0.39, 0.29) is 5.41 Å². The van der Waals surface area contributed by atoms with Crippen molar-refractivity contribution >= 4 is 84.8 Å². The molecule has 3 aromatic heterocycles. The first kappa shape index (κ1) is 28.5. The first-order valence-corrected chi connectivity index (χ1v) is 19.9. The van der Waals surface area contributed by atoms with E-state index in [1.165, 1.54) is 122 Å². The standard InChI is InChI=1S/C48H33NS2/c1-8-22-48(23-9-1)40-13-5-2-10-32(40)35-28-47-39(27-41(35)48)37-25-30(17-20-45(37)51-47)29-16-19-43-36(24-29)33-11-3-6-14-42(33)49(43)31-18-21-46-38(26-31)34-12-4-7-15-44(34)50-46/h2-7,10-21,24-28H,1,8-9,22-23H2. The molecule has 1 spiro atoms. The van der Waals surface area contributed by atoms with Crippen LogP contribution in [0.3, 0.4) is 0 Å². The molecular weight excluding hydrogens is 655 g/mol. The van der Waals surface area contributed by atoms with Gasteiger partial charge in [-0.3, -0.25) is 0 Å². The predicted molar refractivity (Wildman–Crippen MR) is 221 cm³/mol. The highest BCUT2D eigenvalue weighted by Gasteiger charge is 2.43. The number of thiophene rings is 2. The van der Waals surface area contributed by atoms with Crippen LogP contribution in [0.15, 0.2) is 140 Å². The maximum Gasteiger partial charge on any atom is 0.0541 e. The van der Waals surface area contributed by atoms with Crippen LogP contribution in [0.1, 0.15) is 43.2 Å². The Morgan fingerprint density at radius 1 is 0.412 bits per heavy atom. The zero-order chi connectivity index (χ0) is 33.3. The summed E-state index contributed by atoms with van der Waals surface area (Å²) in [7, 11) is 0. The summed E-state index contributed by atoms with van der Waals surface area (Å²) in [5, 5.41) is 8.06. The maximum atomic E-state index is 2.60. The Bertz CT molecular complexity index is 3070. The van der Waals surface area contributed by atoms with E-state index >= 15 is 0 Å². The van der Waals surface area contributed by atoms with E-state index in [0.717, 1.165) is 0 Å².